The summed E-state index contributed by atoms with van der Waals surface area (Å²) in [6, 6.07) is 21.7. The first-order chi connectivity index (χ1) is 16.5. The van der Waals surface area contributed by atoms with Crippen LogP contribution in [0.4, 0.5) is 0 Å². The smallest absolute Gasteiger partial charge is 0.290 e. The first-order valence-electron chi connectivity index (χ1n) is 12.0. The maximum atomic E-state index is 13.8. The molecule has 3 unspecified atom stereocenters. The molecule has 3 heterocycles. The molecule has 176 valence electrons. The van der Waals surface area contributed by atoms with Gasteiger partial charge in [-0.25, -0.2) is 0 Å². The molecule has 2 N–H and O–H groups in total. The highest BCUT2D eigenvalue weighted by atomic mass is 16.4. The van der Waals surface area contributed by atoms with Crippen LogP contribution in [0, 0.1) is 6.92 Å². The minimum atomic E-state index is -0.501. The van der Waals surface area contributed by atoms with Crippen LogP contribution in [0.1, 0.15) is 57.7 Å². The third-order valence-electron chi connectivity index (χ3n) is 7.34. The second-order valence-electron chi connectivity index (χ2n) is 9.39. The van der Waals surface area contributed by atoms with Gasteiger partial charge in [0.05, 0.1) is 0 Å². The van der Waals surface area contributed by atoms with Gasteiger partial charge in [0.15, 0.2) is 5.76 Å². The summed E-state index contributed by atoms with van der Waals surface area (Å²) >= 11 is 0. The number of amides is 2. The lowest BCUT2D eigenvalue weighted by atomic mass is 9.96. The van der Waals surface area contributed by atoms with E-state index in [4.69, 9.17) is 10.2 Å². The van der Waals surface area contributed by atoms with Crippen molar-refractivity contribution in [1.29, 1.82) is 0 Å². The minimum Gasteiger partial charge on any atom is -0.456 e. The molecule has 34 heavy (non-hydrogen) atoms. The van der Waals surface area contributed by atoms with E-state index in [9.17, 15) is 9.59 Å². The molecule has 2 aromatic carbocycles. The zero-order valence-corrected chi connectivity index (χ0v) is 19.5. The number of furan rings is 1. The zero-order chi connectivity index (χ0) is 23.7. The van der Waals surface area contributed by atoms with E-state index >= 15 is 0 Å². The molecule has 2 fully saturated rings. The van der Waals surface area contributed by atoms with E-state index in [1.807, 2.05) is 48.2 Å². The maximum Gasteiger partial charge on any atom is 0.290 e. The highest BCUT2D eigenvalue weighted by Crippen LogP contribution is 2.36. The Morgan fingerprint density at radius 3 is 2.24 bits per heavy atom. The van der Waals surface area contributed by atoms with Crippen LogP contribution in [-0.2, 0) is 11.3 Å². The van der Waals surface area contributed by atoms with Crippen molar-refractivity contribution in [3.05, 3.63) is 94.9 Å². The van der Waals surface area contributed by atoms with E-state index in [1.54, 1.807) is 11.0 Å². The fourth-order valence-electron chi connectivity index (χ4n) is 5.40. The van der Waals surface area contributed by atoms with Gasteiger partial charge in [-0.2, -0.15) is 0 Å². The van der Waals surface area contributed by atoms with Crippen molar-refractivity contribution in [3.8, 4) is 0 Å². The molecule has 3 aromatic rings. The number of benzene rings is 2. The Balaban J connectivity index is 1.39. The summed E-state index contributed by atoms with van der Waals surface area (Å²) in [7, 11) is 0. The van der Waals surface area contributed by atoms with E-state index in [2.05, 4.69) is 24.3 Å². The van der Waals surface area contributed by atoms with Gasteiger partial charge < -0.3 is 20.0 Å². The number of nitrogens with zero attached hydrogens (tertiary/aromatic N) is 2. The predicted octanol–water partition coefficient (Wildman–Crippen LogP) is 4.06. The predicted molar refractivity (Wildman–Crippen MR) is 130 cm³/mol. The van der Waals surface area contributed by atoms with Crippen LogP contribution >= 0.6 is 0 Å². The number of carbonyl (C=O) groups excluding carboxylic acids is 2. The van der Waals surface area contributed by atoms with Crippen molar-refractivity contribution in [2.45, 2.75) is 44.2 Å². The van der Waals surface area contributed by atoms with Crippen LogP contribution < -0.4 is 5.73 Å². The molecule has 6 heteroatoms. The fraction of sp³-hybridized carbons (Fsp3) is 0.357. The molecule has 6 nitrogen and oxygen atoms in total. The Kier molecular flexibility index (Phi) is 6.24. The second-order valence-corrected chi connectivity index (χ2v) is 9.39. The monoisotopic (exact) mass is 457 g/mol. The van der Waals surface area contributed by atoms with Crippen molar-refractivity contribution >= 4 is 11.8 Å². The zero-order valence-electron chi connectivity index (χ0n) is 19.5. The number of hydrogen-bond acceptors (Lipinski definition) is 4. The molecule has 0 bridgehead atoms. The highest BCUT2D eigenvalue weighted by molar-refractivity contribution is 5.96. The molecule has 0 spiro atoms. The number of rotatable bonds is 5. The third-order valence-corrected chi connectivity index (χ3v) is 7.34. The van der Waals surface area contributed by atoms with Crippen LogP contribution in [0.5, 0.6) is 0 Å². The van der Waals surface area contributed by atoms with Gasteiger partial charge in [-0.15, -0.1) is 0 Å². The van der Waals surface area contributed by atoms with Gasteiger partial charge in [0, 0.05) is 43.6 Å². The Labute approximate surface area is 200 Å². The van der Waals surface area contributed by atoms with E-state index in [-0.39, 0.29) is 23.5 Å². The SMILES string of the molecule is Cc1oc(C(=O)N2CC(c3ccccc3)CC2C(=O)N2CCC(c3ccccc3)C2)cc1CN. The number of nitrogens with two attached hydrogens (primary N) is 1. The van der Waals surface area contributed by atoms with Gasteiger partial charge in [0.25, 0.3) is 5.91 Å². The third kappa shape index (κ3) is 4.26. The summed E-state index contributed by atoms with van der Waals surface area (Å²) in [5.41, 5.74) is 9.02. The van der Waals surface area contributed by atoms with E-state index in [0.29, 0.717) is 44.3 Å². The fourth-order valence-corrected chi connectivity index (χ4v) is 5.40. The highest BCUT2D eigenvalue weighted by Gasteiger charge is 2.44. The van der Waals surface area contributed by atoms with Crippen molar-refractivity contribution in [2.75, 3.05) is 19.6 Å². The molecular weight excluding hydrogens is 426 g/mol. The summed E-state index contributed by atoms with van der Waals surface area (Å²) in [4.78, 5) is 31.0. The number of hydrogen-bond donors (Lipinski definition) is 1. The first-order valence-corrected chi connectivity index (χ1v) is 12.0. The molecule has 5 rings (SSSR count). The van der Waals surface area contributed by atoms with Crippen molar-refractivity contribution < 1.29 is 14.0 Å². The molecule has 2 saturated heterocycles. The molecule has 0 radical (unpaired) electrons. The minimum absolute atomic E-state index is 0.0348. The van der Waals surface area contributed by atoms with Crippen LogP contribution in [0.15, 0.2) is 71.1 Å². The Morgan fingerprint density at radius 2 is 1.62 bits per heavy atom. The summed E-state index contributed by atoms with van der Waals surface area (Å²) in [6.45, 7) is 4.02. The van der Waals surface area contributed by atoms with Crippen LogP contribution in [0.3, 0.4) is 0 Å². The van der Waals surface area contributed by atoms with Gasteiger partial charge in [-0.05, 0) is 37.0 Å². The Bertz CT molecular complexity index is 1160. The van der Waals surface area contributed by atoms with Gasteiger partial charge in [0.2, 0.25) is 5.91 Å². The molecule has 3 atom stereocenters. The van der Waals surface area contributed by atoms with E-state index < -0.39 is 6.04 Å². The molecule has 0 aliphatic carbocycles. The molecule has 0 saturated carbocycles. The maximum absolute atomic E-state index is 13.8. The van der Waals surface area contributed by atoms with Crippen LogP contribution in [0.2, 0.25) is 0 Å². The lowest BCUT2D eigenvalue weighted by Gasteiger charge is -2.27. The number of likely N-dealkylation sites (tertiary alicyclic amines) is 2. The average molecular weight is 458 g/mol. The van der Waals surface area contributed by atoms with Crippen molar-refractivity contribution in [2.24, 2.45) is 5.73 Å². The molecule has 2 amide bonds. The summed E-state index contributed by atoms with van der Waals surface area (Å²) in [5, 5.41) is 0. The van der Waals surface area contributed by atoms with Crippen molar-refractivity contribution in [1.82, 2.24) is 9.80 Å². The summed E-state index contributed by atoms with van der Waals surface area (Å²) in [6.07, 6.45) is 1.56. The van der Waals surface area contributed by atoms with Gasteiger partial charge in [-0.3, -0.25) is 9.59 Å². The van der Waals surface area contributed by atoms with Crippen LogP contribution in [0.25, 0.3) is 0 Å². The summed E-state index contributed by atoms with van der Waals surface area (Å²) in [5.74, 6) is 1.15. The standard InChI is InChI=1S/C28H31N3O3/c1-19-23(16-29)15-26(34-19)28(33)31-18-24(21-10-6-3-7-11-21)14-25(31)27(32)30-13-12-22(17-30)20-8-4-2-5-9-20/h2-11,15,22,24-25H,12-14,16-18,29H2,1H3. The topological polar surface area (TPSA) is 79.8 Å². The van der Waals surface area contributed by atoms with E-state index in [1.165, 1.54) is 5.56 Å². The number of carbonyl (C=O) groups is 2. The Hall–Kier alpha value is -3.38. The molecular formula is C28H31N3O3. The van der Waals surface area contributed by atoms with E-state index in [0.717, 1.165) is 17.5 Å². The quantitative estimate of drug-likeness (QED) is 0.627. The first kappa shape index (κ1) is 22.4. The van der Waals surface area contributed by atoms with Gasteiger partial charge >= 0.3 is 0 Å². The lowest BCUT2D eigenvalue weighted by molar-refractivity contribution is -0.134. The average Bonchev–Trinajstić information content (AvgIpc) is 3.62. The van der Waals surface area contributed by atoms with Crippen LogP contribution in [-0.4, -0.2) is 47.3 Å². The van der Waals surface area contributed by atoms with Crippen molar-refractivity contribution in [3.63, 3.8) is 0 Å². The molecule has 1 aromatic heterocycles. The van der Waals surface area contributed by atoms with Gasteiger partial charge in [0.1, 0.15) is 11.8 Å². The Morgan fingerprint density at radius 1 is 0.971 bits per heavy atom. The second kappa shape index (κ2) is 9.47. The number of aryl methyl sites for hydroxylation is 1. The summed E-state index contributed by atoms with van der Waals surface area (Å²) < 4.78 is 5.75. The normalized spacial score (nSPS) is 22.4. The van der Waals surface area contributed by atoms with Gasteiger partial charge in [-0.1, -0.05) is 60.7 Å². The molecule has 2 aliphatic heterocycles. The lowest BCUT2D eigenvalue weighted by Crippen LogP contribution is -2.47. The largest absolute Gasteiger partial charge is 0.456 e. The molecule has 2 aliphatic rings.